The predicted octanol–water partition coefficient (Wildman–Crippen LogP) is 4.33. The Morgan fingerprint density at radius 1 is 1.12 bits per heavy atom. The van der Waals surface area contributed by atoms with Crippen LogP contribution in [-0.4, -0.2) is 19.1 Å². The highest BCUT2D eigenvalue weighted by Gasteiger charge is 2.15. The molecular formula is C23H21ClN6O2S. The van der Waals surface area contributed by atoms with Gasteiger partial charge in [-0.2, -0.15) is 10.2 Å². The summed E-state index contributed by atoms with van der Waals surface area (Å²) in [5.74, 6) is 0.149. The number of halogens is 1. The van der Waals surface area contributed by atoms with E-state index in [2.05, 4.69) is 22.2 Å². The molecule has 0 radical (unpaired) electrons. The van der Waals surface area contributed by atoms with Gasteiger partial charge in [0.1, 0.15) is 0 Å². The van der Waals surface area contributed by atoms with E-state index in [0.29, 0.717) is 17.1 Å². The molecule has 0 unspecified atom stereocenters. The van der Waals surface area contributed by atoms with Crippen molar-refractivity contribution >= 4 is 44.8 Å². The van der Waals surface area contributed by atoms with Crippen molar-refractivity contribution < 1.29 is 0 Å². The third-order valence-corrected chi connectivity index (χ3v) is 6.48. The lowest BCUT2D eigenvalue weighted by Crippen LogP contribution is -2.42. The molecule has 4 aromatic rings. The molecule has 4 rings (SSSR count). The highest BCUT2D eigenvalue weighted by atomic mass is 35.5. The molecule has 8 nitrogen and oxygen atoms in total. The van der Waals surface area contributed by atoms with Crippen molar-refractivity contribution in [3.63, 3.8) is 0 Å². The molecule has 2 heterocycles. The maximum absolute atomic E-state index is 13.2. The van der Waals surface area contributed by atoms with Crippen molar-refractivity contribution in [1.29, 1.82) is 5.26 Å². The van der Waals surface area contributed by atoms with E-state index in [9.17, 15) is 9.59 Å². The van der Waals surface area contributed by atoms with Crippen molar-refractivity contribution in [2.45, 2.75) is 39.3 Å². The number of nitriles is 1. The Labute approximate surface area is 198 Å². The number of thiazole rings is 1. The minimum Gasteiger partial charge on any atom is -0.325 e. The first kappa shape index (κ1) is 22.7. The molecule has 0 saturated heterocycles. The quantitative estimate of drug-likeness (QED) is 0.376. The summed E-state index contributed by atoms with van der Waals surface area (Å²) in [5.41, 5.74) is 1.30. The number of aryl methyl sites for hydroxylation is 1. The average molecular weight is 481 g/mol. The third kappa shape index (κ3) is 5.13. The molecule has 2 aromatic heterocycles. The van der Waals surface area contributed by atoms with E-state index in [-0.39, 0.29) is 25.5 Å². The minimum absolute atomic E-state index is 0.131. The van der Waals surface area contributed by atoms with Crippen LogP contribution in [0.5, 0.6) is 0 Å². The number of hydrogen-bond acceptors (Lipinski definition) is 7. The van der Waals surface area contributed by atoms with E-state index < -0.39 is 11.4 Å². The Morgan fingerprint density at radius 3 is 2.64 bits per heavy atom. The minimum atomic E-state index is -0.653. The van der Waals surface area contributed by atoms with E-state index in [1.807, 2.05) is 36.4 Å². The number of aromatic nitrogens is 4. The zero-order chi connectivity index (χ0) is 23.4. The summed E-state index contributed by atoms with van der Waals surface area (Å²) in [6, 6.07) is 14.8. The molecule has 0 aliphatic heterocycles. The van der Waals surface area contributed by atoms with Crippen molar-refractivity contribution in [1.82, 2.24) is 19.1 Å². The number of nitrogens with one attached hydrogen (secondary N) is 1. The lowest BCUT2D eigenvalue weighted by Gasteiger charge is -2.15. The van der Waals surface area contributed by atoms with Gasteiger partial charge in [-0.25, -0.2) is 19.1 Å². The molecular weight excluding hydrogens is 460 g/mol. The lowest BCUT2D eigenvalue weighted by atomic mass is 10.2. The van der Waals surface area contributed by atoms with Gasteiger partial charge < -0.3 is 5.32 Å². The molecule has 0 aliphatic carbocycles. The SMILES string of the molecule is CCc1nc2ccc(Nc3nc(=O)n(CCCC#N)c(=O)n3Cc3ccc(Cl)cc3)cc2s1. The zero-order valence-electron chi connectivity index (χ0n) is 17.9. The fraction of sp³-hybridized carbons (Fsp3) is 0.261. The molecule has 1 N–H and O–H groups in total. The topological polar surface area (TPSA) is 106 Å². The van der Waals surface area contributed by atoms with Crippen LogP contribution in [0, 0.1) is 11.3 Å². The molecule has 0 bridgehead atoms. The van der Waals surface area contributed by atoms with Crippen LogP contribution in [0.3, 0.4) is 0 Å². The fourth-order valence-electron chi connectivity index (χ4n) is 3.38. The molecule has 0 atom stereocenters. The molecule has 2 aromatic carbocycles. The van der Waals surface area contributed by atoms with Crippen LogP contribution in [0.2, 0.25) is 5.02 Å². The van der Waals surface area contributed by atoms with Crippen LogP contribution in [0.4, 0.5) is 11.6 Å². The molecule has 0 amide bonds. The van der Waals surface area contributed by atoms with Crippen LogP contribution in [-0.2, 0) is 19.5 Å². The maximum Gasteiger partial charge on any atom is 0.354 e. The fourth-order valence-corrected chi connectivity index (χ4v) is 4.45. The molecule has 33 heavy (non-hydrogen) atoms. The van der Waals surface area contributed by atoms with E-state index in [0.717, 1.165) is 31.8 Å². The first-order valence-electron chi connectivity index (χ1n) is 10.5. The van der Waals surface area contributed by atoms with Crippen molar-refractivity contribution in [2.24, 2.45) is 0 Å². The lowest BCUT2D eigenvalue weighted by molar-refractivity contribution is 0.537. The van der Waals surface area contributed by atoms with Gasteiger partial charge in [0, 0.05) is 23.7 Å². The van der Waals surface area contributed by atoms with Crippen LogP contribution in [0.25, 0.3) is 10.2 Å². The van der Waals surface area contributed by atoms with Gasteiger partial charge in [-0.15, -0.1) is 11.3 Å². The monoisotopic (exact) mass is 480 g/mol. The largest absolute Gasteiger partial charge is 0.354 e. The maximum atomic E-state index is 13.2. The summed E-state index contributed by atoms with van der Waals surface area (Å²) in [4.78, 5) is 34.6. The molecule has 10 heteroatoms. The van der Waals surface area contributed by atoms with E-state index in [1.54, 1.807) is 23.5 Å². The normalized spacial score (nSPS) is 10.9. The summed E-state index contributed by atoms with van der Waals surface area (Å²) < 4.78 is 3.50. The highest BCUT2D eigenvalue weighted by Crippen LogP contribution is 2.26. The molecule has 0 aliphatic rings. The van der Waals surface area contributed by atoms with E-state index in [1.165, 1.54) is 4.57 Å². The third-order valence-electron chi connectivity index (χ3n) is 5.07. The molecule has 0 saturated carbocycles. The summed E-state index contributed by atoms with van der Waals surface area (Å²) in [5, 5.41) is 13.6. The Morgan fingerprint density at radius 2 is 1.91 bits per heavy atom. The standard InChI is InChI=1S/C23H21ClN6O2S/c1-2-20-27-18-10-9-17(13-19(18)33-20)26-21-28-22(31)29(12-4-3-11-25)23(32)30(21)14-15-5-7-16(24)8-6-15/h5-10,13H,2-4,12,14H2,1H3,(H,26,28,31). The van der Waals surface area contributed by atoms with E-state index in [4.69, 9.17) is 16.9 Å². The van der Waals surface area contributed by atoms with E-state index >= 15 is 0 Å². The number of benzene rings is 2. The smallest absolute Gasteiger partial charge is 0.325 e. The van der Waals surface area contributed by atoms with Crippen molar-refractivity contribution in [3.8, 4) is 6.07 Å². The van der Waals surface area contributed by atoms with Gasteiger partial charge in [0.05, 0.1) is 27.8 Å². The van der Waals surface area contributed by atoms with Gasteiger partial charge in [-0.1, -0.05) is 30.7 Å². The Balaban J connectivity index is 1.75. The highest BCUT2D eigenvalue weighted by molar-refractivity contribution is 7.18. The van der Waals surface area contributed by atoms with Crippen LogP contribution < -0.4 is 16.7 Å². The summed E-state index contributed by atoms with van der Waals surface area (Å²) in [7, 11) is 0. The predicted molar refractivity (Wildman–Crippen MR) is 130 cm³/mol. The Hall–Kier alpha value is -3.48. The first-order valence-corrected chi connectivity index (χ1v) is 11.7. The van der Waals surface area contributed by atoms with Crippen LogP contribution in [0.1, 0.15) is 30.3 Å². The number of nitrogens with zero attached hydrogens (tertiary/aromatic N) is 5. The van der Waals surface area contributed by atoms with Gasteiger partial charge in [-0.05, 0) is 48.7 Å². The number of unbranched alkanes of at least 4 members (excludes halogenated alkanes) is 1. The molecule has 168 valence electrons. The molecule has 0 fully saturated rings. The van der Waals surface area contributed by atoms with Gasteiger partial charge in [0.15, 0.2) is 0 Å². The zero-order valence-corrected chi connectivity index (χ0v) is 19.5. The summed E-state index contributed by atoms with van der Waals surface area (Å²) in [6.45, 7) is 2.39. The Kier molecular flexibility index (Phi) is 6.87. The van der Waals surface area contributed by atoms with Crippen LogP contribution in [0.15, 0.2) is 52.1 Å². The van der Waals surface area contributed by atoms with Crippen molar-refractivity contribution in [3.05, 3.63) is 79.0 Å². The number of fused-ring (bicyclic) bond motifs is 1. The number of hydrogen-bond donors (Lipinski definition) is 1. The second-order valence-corrected chi connectivity index (χ2v) is 8.95. The van der Waals surface area contributed by atoms with Crippen LogP contribution >= 0.6 is 22.9 Å². The van der Waals surface area contributed by atoms with Gasteiger partial charge in [0.25, 0.3) is 0 Å². The summed E-state index contributed by atoms with van der Waals surface area (Å²) >= 11 is 7.60. The Bertz CT molecular complexity index is 1450. The van der Waals surface area contributed by atoms with Gasteiger partial charge in [0.2, 0.25) is 5.95 Å². The number of rotatable bonds is 8. The van der Waals surface area contributed by atoms with Crippen molar-refractivity contribution in [2.75, 3.05) is 5.32 Å². The average Bonchev–Trinajstić information content (AvgIpc) is 3.22. The second kappa shape index (κ2) is 9.98. The summed E-state index contributed by atoms with van der Waals surface area (Å²) in [6.07, 6.45) is 1.49. The number of anilines is 2. The molecule has 0 spiro atoms. The second-order valence-electron chi connectivity index (χ2n) is 7.40. The van der Waals surface area contributed by atoms with Gasteiger partial charge in [-0.3, -0.25) is 4.57 Å². The van der Waals surface area contributed by atoms with Gasteiger partial charge >= 0.3 is 11.4 Å². The first-order chi connectivity index (χ1) is 16.0.